The summed E-state index contributed by atoms with van der Waals surface area (Å²) < 4.78 is 17.0. The summed E-state index contributed by atoms with van der Waals surface area (Å²) in [7, 11) is 0. The zero-order chi connectivity index (χ0) is 21.0. The van der Waals surface area contributed by atoms with E-state index in [-0.39, 0.29) is 11.5 Å². The molecule has 3 aliphatic heterocycles. The number of nitrogens with zero attached hydrogens (tertiary/aromatic N) is 1. The number of fused-ring (bicyclic) bond motifs is 1. The summed E-state index contributed by atoms with van der Waals surface area (Å²) in [6, 6.07) is 5.59. The molecule has 0 spiro atoms. The molecule has 2 saturated heterocycles. The molecule has 1 atom stereocenters. The molecule has 1 aromatic rings. The molecule has 0 radical (unpaired) electrons. The van der Waals surface area contributed by atoms with E-state index in [1.807, 2.05) is 18.2 Å². The fourth-order valence-corrected chi connectivity index (χ4v) is 5.02. The van der Waals surface area contributed by atoms with Gasteiger partial charge in [0, 0.05) is 31.3 Å². The monoisotopic (exact) mass is 416 g/mol. The SMILES string of the molecule is CC1(C)C[C@@H](CN2CCC(CCC(=O)Nc3ccc4c(c3)OCCO4)CC2)CCO1. The number of carbonyl (C=O) groups excluding carboxylic acids is 1. The van der Waals surface area contributed by atoms with Gasteiger partial charge in [0.25, 0.3) is 0 Å². The molecule has 1 N–H and O–H groups in total. The molecule has 4 rings (SSSR count). The van der Waals surface area contributed by atoms with Crippen LogP contribution < -0.4 is 14.8 Å². The molecule has 3 aliphatic rings. The summed E-state index contributed by atoms with van der Waals surface area (Å²) in [5.74, 6) is 2.94. The van der Waals surface area contributed by atoms with Gasteiger partial charge in [-0.1, -0.05) is 0 Å². The summed E-state index contributed by atoms with van der Waals surface area (Å²) in [4.78, 5) is 15.0. The van der Waals surface area contributed by atoms with Crippen LogP contribution in [-0.2, 0) is 9.53 Å². The maximum atomic E-state index is 12.4. The Balaban J connectivity index is 1.15. The van der Waals surface area contributed by atoms with Gasteiger partial charge in [-0.15, -0.1) is 0 Å². The van der Waals surface area contributed by atoms with Crippen LogP contribution in [0.1, 0.15) is 52.4 Å². The average molecular weight is 417 g/mol. The molecule has 0 unspecified atom stereocenters. The second kappa shape index (κ2) is 9.56. The molecule has 166 valence electrons. The van der Waals surface area contributed by atoms with Gasteiger partial charge in [0.05, 0.1) is 5.60 Å². The first kappa shape index (κ1) is 21.4. The molecule has 0 aromatic heterocycles. The third kappa shape index (κ3) is 5.88. The van der Waals surface area contributed by atoms with E-state index in [9.17, 15) is 4.79 Å². The third-order valence-corrected chi connectivity index (χ3v) is 6.63. The number of piperidine rings is 1. The molecule has 30 heavy (non-hydrogen) atoms. The van der Waals surface area contributed by atoms with E-state index >= 15 is 0 Å². The highest BCUT2D eigenvalue weighted by Gasteiger charge is 2.30. The predicted octanol–water partition coefficient (Wildman–Crippen LogP) is 4.09. The topological polar surface area (TPSA) is 60.0 Å². The number of carbonyl (C=O) groups is 1. The number of anilines is 1. The van der Waals surface area contributed by atoms with E-state index in [2.05, 4.69) is 24.1 Å². The lowest BCUT2D eigenvalue weighted by Crippen LogP contribution is -2.42. The summed E-state index contributed by atoms with van der Waals surface area (Å²) in [5, 5.41) is 3.01. The Morgan fingerprint density at radius 2 is 1.83 bits per heavy atom. The van der Waals surface area contributed by atoms with Gasteiger partial charge in [0.15, 0.2) is 11.5 Å². The minimum absolute atomic E-state index is 0.0335. The van der Waals surface area contributed by atoms with Crippen molar-refractivity contribution in [2.24, 2.45) is 11.8 Å². The standard InChI is InChI=1S/C24H36N2O4/c1-24(2)16-19(9-12-30-24)17-26-10-7-18(8-11-26)3-6-23(27)25-20-4-5-21-22(15-20)29-14-13-28-21/h4-5,15,18-19H,3,6-14,16-17H2,1-2H3,(H,25,27)/t19-/m0/s1. The van der Waals surface area contributed by atoms with Crippen molar-refractivity contribution in [3.8, 4) is 11.5 Å². The lowest BCUT2D eigenvalue weighted by atomic mass is 9.86. The fraction of sp³-hybridized carbons (Fsp3) is 0.708. The van der Waals surface area contributed by atoms with Crippen molar-refractivity contribution in [2.75, 3.05) is 44.8 Å². The van der Waals surface area contributed by atoms with Crippen LogP contribution in [0.3, 0.4) is 0 Å². The van der Waals surface area contributed by atoms with Crippen LogP contribution in [0.2, 0.25) is 0 Å². The van der Waals surface area contributed by atoms with Gasteiger partial charge in [-0.25, -0.2) is 0 Å². The Labute approximate surface area is 180 Å². The van der Waals surface area contributed by atoms with Crippen molar-refractivity contribution in [3.05, 3.63) is 18.2 Å². The molecule has 2 fully saturated rings. The molecular weight excluding hydrogens is 380 g/mol. The second-order valence-corrected chi connectivity index (χ2v) is 9.66. The third-order valence-electron chi connectivity index (χ3n) is 6.63. The summed E-state index contributed by atoms with van der Waals surface area (Å²) in [5.41, 5.74) is 0.810. The van der Waals surface area contributed by atoms with Gasteiger partial charge < -0.3 is 24.4 Å². The predicted molar refractivity (Wildman–Crippen MR) is 117 cm³/mol. The Kier molecular flexibility index (Phi) is 6.84. The van der Waals surface area contributed by atoms with Crippen molar-refractivity contribution in [3.63, 3.8) is 0 Å². The number of hydrogen-bond donors (Lipinski definition) is 1. The largest absolute Gasteiger partial charge is 0.486 e. The summed E-state index contributed by atoms with van der Waals surface area (Å²) in [6.07, 6.45) is 6.28. The van der Waals surface area contributed by atoms with Crippen molar-refractivity contribution in [2.45, 2.75) is 58.0 Å². The fourth-order valence-electron chi connectivity index (χ4n) is 5.02. The van der Waals surface area contributed by atoms with E-state index in [4.69, 9.17) is 14.2 Å². The van der Waals surface area contributed by atoms with Gasteiger partial charge in [-0.3, -0.25) is 4.79 Å². The van der Waals surface area contributed by atoms with E-state index in [1.54, 1.807) is 0 Å². The van der Waals surface area contributed by atoms with Crippen molar-refractivity contribution < 1.29 is 19.0 Å². The minimum atomic E-state index is 0.0335. The number of amides is 1. The number of rotatable bonds is 6. The number of likely N-dealkylation sites (tertiary alicyclic amines) is 1. The molecule has 0 aliphatic carbocycles. The van der Waals surface area contributed by atoms with Crippen LogP contribution in [0.25, 0.3) is 0 Å². The second-order valence-electron chi connectivity index (χ2n) is 9.66. The summed E-state index contributed by atoms with van der Waals surface area (Å²) in [6.45, 7) is 9.96. The maximum Gasteiger partial charge on any atom is 0.224 e. The quantitative estimate of drug-likeness (QED) is 0.757. The Morgan fingerprint density at radius 1 is 1.07 bits per heavy atom. The number of ether oxygens (including phenoxy) is 3. The number of benzene rings is 1. The van der Waals surface area contributed by atoms with Crippen LogP contribution in [-0.4, -0.2) is 55.9 Å². The van der Waals surface area contributed by atoms with E-state index in [1.165, 1.54) is 25.8 Å². The number of nitrogens with one attached hydrogen (secondary N) is 1. The molecule has 3 heterocycles. The van der Waals surface area contributed by atoms with Crippen molar-refractivity contribution in [1.29, 1.82) is 0 Å². The zero-order valence-corrected chi connectivity index (χ0v) is 18.5. The first-order valence-electron chi connectivity index (χ1n) is 11.5. The van der Waals surface area contributed by atoms with Crippen molar-refractivity contribution in [1.82, 2.24) is 4.90 Å². The molecule has 1 aromatic carbocycles. The van der Waals surface area contributed by atoms with Gasteiger partial charge in [0.2, 0.25) is 5.91 Å². The molecule has 0 bridgehead atoms. The van der Waals surface area contributed by atoms with Gasteiger partial charge in [-0.2, -0.15) is 0 Å². The van der Waals surface area contributed by atoms with Gasteiger partial charge in [-0.05, 0) is 83.0 Å². The maximum absolute atomic E-state index is 12.4. The van der Waals surface area contributed by atoms with Crippen LogP contribution in [0.4, 0.5) is 5.69 Å². The Morgan fingerprint density at radius 3 is 2.60 bits per heavy atom. The van der Waals surface area contributed by atoms with E-state index in [0.29, 0.717) is 31.3 Å². The molecular formula is C24H36N2O4. The number of hydrogen-bond acceptors (Lipinski definition) is 5. The van der Waals surface area contributed by atoms with Crippen LogP contribution >= 0.6 is 0 Å². The first-order chi connectivity index (χ1) is 14.5. The highest BCUT2D eigenvalue weighted by atomic mass is 16.6. The molecule has 0 saturated carbocycles. The molecule has 6 nitrogen and oxygen atoms in total. The van der Waals surface area contributed by atoms with Gasteiger partial charge >= 0.3 is 0 Å². The van der Waals surface area contributed by atoms with Crippen LogP contribution in [0, 0.1) is 11.8 Å². The first-order valence-corrected chi connectivity index (χ1v) is 11.5. The van der Waals surface area contributed by atoms with E-state index < -0.39 is 0 Å². The van der Waals surface area contributed by atoms with E-state index in [0.717, 1.165) is 49.9 Å². The highest BCUT2D eigenvalue weighted by Crippen LogP contribution is 2.33. The lowest BCUT2D eigenvalue weighted by Gasteiger charge is -2.39. The van der Waals surface area contributed by atoms with Gasteiger partial charge in [0.1, 0.15) is 13.2 Å². The average Bonchev–Trinajstić information content (AvgIpc) is 2.72. The van der Waals surface area contributed by atoms with Crippen LogP contribution in [0.15, 0.2) is 18.2 Å². The van der Waals surface area contributed by atoms with Crippen LogP contribution in [0.5, 0.6) is 11.5 Å². The Bertz CT molecular complexity index is 728. The molecule has 6 heteroatoms. The zero-order valence-electron chi connectivity index (χ0n) is 18.5. The Hall–Kier alpha value is -1.79. The van der Waals surface area contributed by atoms with Crippen molar-refractivity contribution >= 4 is 11.6 Å². The smallest absolute Gasteiger partial charge is 0.224 e. The summed E-state index contributed by atoms with van der Waals surface area (Å²) >= 11 is 0. The highest BCUT2D eigenvalue weighted by molar-refractivity contribution is 5.91. The molecule has 1 amide bonds. The normalized spacial score (nSPS) is 24.4. The minimum Gasteiger partial charge on any atom is -0.486 e. The lowest BCUT2D eigenvalue weighted by molar-refractivity contribution is -0.116.